The molecule has 0 aromatic carbocycles. The van der Waals surface area contributed by atoms with Gasteiger partial charge in [0.1, 0.15) is 6.10 Å². The minimum absolute atomic E-state index is 0.208. The molecule has 0 spiro atoms. The highest BCUT2D eigenvalue weighted by atomic mass is 16.7. The summed E-state index contributed by atoms with van der Waals surface area (Å²) in [4.78, 5) is 0. The van der Waals surface area contributed by atoms with Crippen LogP contribution in [0.5, 0.6) is 0 Å². The summed E-state index contributed by atoms with van der Waals surface area (Å²) in [5.41, 5.74) is 0. The quantitative estimate of drug-likeness (QED) is 0.334. The smallest absolute Gasteiger partial charge is 0.163 e. The Morgan fingerprint density at radius 1 is 1.70 bits per heavy atom. The van der Waals surface area contributed by atoms with E-state index in [1.54, 1.807) is 0 Å². The lowest BCUT2D eigenvalue weighted by molar-refractivity contribution is -0.131. The van der Waals surface area contributed by atoms with Gasteiger partial charge in [0.2, 0.25) is 0 Å². The van der Waals surface area contributed by atoms with Gasteiger partial charge in [-0.1, -0.05) is 5.16 Å². The zero-order valence-corrected chi connectivity index (χ0v) is 6.07. The lowest BCUT2D eigenvalue weighted by Gasteiger charge is -2.15. The van der Waals surface area contributed by atoms with Crippen molar-refractivity contribution in [2.75, 3.05) is 6.61 Å². The molecule has 0 aromatic heterocycles. The Bertz CT molecular complexity index is 144. The predicted octanol–water partition coefficient (Wildman–Crippen LogP) is 0.598. The fourth-order valence-corrected chi connectivity index (χ4v) is 0.863. The number of hydrogen-bond donors (Lipinski definition) is 1. The summed E-state index contributed by atoms with van der Waals surface area (Å²) in [7, 11) is 0. The van der Waals surface area contributed by atoms with E-state index in [1.165, 1.54) is 6.21 Å². The van der Waals surface area contributed by atoms with Gasteiger partial charge in [0.25, 0.3) is 0 Å². The second-order valence-electron chi connectivity index (χ2n) is 2.63. The topological polar surface area (TPSA) is 51.0 Å². The minimum Gasteiger partial charge on any atom is -0.411 e. The Balaban J connectivity index is 2.43. The summed E-state index contributed by atoms with van der Waals surface area (Å²) < 4.78 is 10.4. The second-order valence-corrected chi connectivity index (χ2v) is 2.63. The zero-order chi connectivity index (χ0) is 7.61. The molecule has 4 heteroatoms. The Morgan fingerprint density at radius 3 is 2.80 bits per heavy atom. The lowest BCUT2D eigenvalue weighted by atomic mass is 10.4. The van der Waals surface area contributed by atoms with Crippen LogP contribution >= 0.6 is 0 Å². The molecule has 1 rings (SSSR count). The van der Waals surface area contributed by atoms with E-state index in [2.05, 4.69) is 5.16 Å². The normalized spacial score (nSPS) is 31.6. The van der Waals surface area contributed by atoms with E-state index in [0.717, 1.165) is 0 Å². The van der Waals surface area contributed by atoms with Crippen LogP contribution in [0.15, 0.2) is 5.16 Å². The molecular weight excluding hydrogens is 134 g/mol. The van der Waals surface area contributed by atoms with Gasteiger partial charge < -0.3 is 14.7 Å². The molecule has 1 saturated heterocycles. The number of oxime groups is 1. The van der Waals surface area contributed by atoms with Crippen LogP contribution in [0.25, 0.3) is 0 Å². The van der Waals surface area contributed by atoms with E-state index in [1.807, 2.05) is 13.8 Å². The molecule has 0 bridgehead atoms. The highest BCUT2D eigenvalue weighted by molar-refractivity contribution is 5.62. The standard InChI is InChI=1S/C6H11NO3/c1-6(2)9-4-5(10-6)3-7-8/h3,5,8H,4H2,1-2H3/b7-3+. The summed E-state index contributed by atoms with van der Waals surface area (Å²) in [5.74, 6) is -0.536. The van der Waals surface area contributed by atoms with Gasteiger partial charge in [0.15, 0.2) is 5.79 Å². The van der Waals surface area contributed by atoms with Gasteiger partial charge in [0.05, 0.1) is 12.8 Å². The van der Waals surface area contributed by atoms with E-state index in [4.69, 9.17) is 14.7 Å². The van der Waals surface area contributed by atoms with Crippen molar-refractivity contribution in [1.29, 1.82) is 0 Å². The van der Waals surface area contributed by atoms with E-state index in [0.29, 0.717) is 6.61 Å². The van der Waals surface area contributed by atoms with Crippen LogP contribution in [0.4, 0.5) is 0 Å². The molecule has 4 nitrogen and oxygen atoms in total. The first-order valence-electron chi connectivity index (χ1n) is 3.13. The van der Waals surface area contributed by atoms with Gasteiger partial charge in [-0.2, -0.15) is 0 Å². The third kappa shape index (κ3) is 1.68. The molecule has 0 aromatic rings. The maximum atomic E-state index is 8.13. The van der Waals surface area contributed by atoms with E-state index in [9.17, 15) is 0 Å². The van der Waals surface area contributed by atoms with Crippen LogP contribution in [0, 0.1) is 0 Å². The highest BCUT2D eigenvalue weighted by Crippen LogP contribution is 2.20. The van der Waals surface area contributed by atoms with Crippen molar-refractivity contribution in [2.45, 2.75) is 25.7 Å². The molecule has 10 heavy (non-hydrogen) atoms. The van der Waals surface area contributed by atoms with Crippen molar-refractivity contribution in [2.24, 2.45) is 5.16 Å². The Hall–Kier alpha value is -0.610. The van der Waals surface area contributed by atoms with Crippen LogP contribution in [0.2, 0.25) is 0 Å². The van der Waals surface area contributed by atoms with E-state index >= 15 is 0 Å². The van der Waals surface area contributed by atoms with Crippen LogP contribution in [-0.4, -0.2) is 29.9 Å². The van der Waals surface area contributed by atoms with Crippen molar-refractivity contribution >= 4 is 6.21 Å². The summed E-state index contributed by atoms with van der Waals surface area (Å²) in [6, 6.07) is 0. The van der Waals surface area contributed by atoms with Crippen molar-refractivity contribution in [1.82, 2.24) is 0 Å². The van der Waals surface area contributed by atoms with E-state index in [-0.39, 0.29) is 6.10 Å². The molecule has 0 amide bonds. The number of hydrogen-bond acceptors (Lipinski definition) is 4. The highest BCUT2D eigenvalue weighted by Gasteiger charge is 2.31. The predicted molar refractivity (Wildman–Crippen MR) is 35.2 cm³/mol. The van der Waals surface area contributed by atoms with Crippen molar-refractivity contribution in [3.8, 4) is 0 Å². The maximum Gasteiger partial charge on any atom is 0.163 e. The van der Waals surface area contributed by atoms with Gasteiger partial charge in [-0.15, -0.1) is 0 Å². The van der Waals surface area contributed by atoms with Gasteiger partial charge in [-0.3, -0.25) is 0 Å². The Kier molecular flexibility index (Phi) is 1.92. The minimum atomic E-state index is -0.536. The first-order valence-corrected chi connectivity index (χ1v) is 3.13. The molecule has 1 heterocycles. The third-order valence-corrected chi connectivity index (χ3v) is 1.26. The summed E-state index contributed by atoms with van der Waals surface area (Å²) in [6.45, 7) is 4.09. The van der Waals surface area contributed by atoms with E-state index < -0.39 is 5.79 Å². The molecule has 0 radical (unpaired) electrons. The number of ether oxygens (including phenoxy) is 2. The average molecular weight is 145 g/mol. The third-order valence-electron chi connectivity index (χ3n) is 1.26. The van der Waals surface area contributed by atoms with Crippen LogP contribution < -0.4 is 0 Å². The summed E-state index contributed by atoms with van der Waals surface area (Å²) >= 11 is 0. The lowest BCUT2D eigenvalue weighted by Crippen LogP contribution is -2.21. The maximum absolute atomic E-state index is 8.13. The first-order chi connectivity index (χ1) is 4.64. The molecule has 1 unspecified atom stereocenters. The van der Waals surface area contributed by atoms with Gasteiger partial charge in [0, 0.05) is 0 Å². The largest absolute Gasteiger partial charge is 0.411 e. The zero-order valence-electron chi connectivity index (χ0n) is 6.07. The molecule has 1 aliphatic heterocycles. The molecule has 1 aliphatic rings. The average Bonchev–Trinajstić information content (AvgIpc) is 2.12. The number of nitrogens with zero attached hydrogens (tertiary/aromatic N) is 1. The fourth-order valence-electron chi connectivity index (χ4n) is 0.863. The second kappa shape index (κ2) is 2.56. The van der Waals surface area contributed by atoms with Gasteiger partial charge in [-0.25, -0.2) is 0 Å². The van der Waals surface area contributed by atoms with Crippen molar-refractivity contribution < 1.29 is 14.7 Å². The van der Waals surface area contributed by atoms with Gasteiger partial charge in [-0.05, 0) is 13.8 Å². The van der Waals surface area contributed by atoms with Crippen LogP contribution in [0.1, 0.15) is 13.8 Å². The van der Waals surface area contributed by atoms with Gasteiger partial charge >= 0.3 is 0 Å². The monoisotopic (exact) mass is 145 g/mol. The molecule has 58 valence electrons. The Labute approximate surface area is 59.4 Å². The van der Waals surface area contributed by atoms with Crippen LogP contribution in [0.3, 0.4) is 0 Å². The molecule has 1 atom stereocenters. The molecule has 0 aliphatic carbocycles. The van der Waals surface area contributed by atoms with Crippen molar-refractivity contribution in [3.63, 3.8) is 0 Å². The summed E-state index contributed by atoms with van der Waals surface area (Å²) in [6.07, 6.45) is 1.11. The SMILES string of the molecule is CC1(C)OCC(/C=N/O)O1. The molecule has 1 N–H and O–H groups in total. The molecular formula is C6H11NO3. The molecule has 1 fully saturated rings. The fraction of sp³-hybridized carbons (Fsp3) is 0.833. The first kappa shape index (κ1) is 7.50. The molecule has 0 saturated carbocycles. The summed E-state index contributed by atoms with van der Waals surface area (Å²) in [5, 5.41) is 11.0. The Morgan fingerprint density at radius 2 is 2.40 bits per heavy atom. The van der Waals surface area contributed by atoms with Crippen molar-refractivity contribution in [3.05, 3.63) is 0 Å². The van der Waals surface area contributed by atoms with Crippen LogP contribution in [-0.2, 0) is 9.47 Å². The number of rotatable bonds is 1.